The lowest BCUT2D eigenvalue weighted by molar-refractivity contribution is -0.119. The number of likely N-dealkylation sites (N-methyl/N-ethyl adjacent to an activating group) is 1. The number of carbonyl (C=O) groups excluding carboxylic acids is 3. The van der Waals surface area contributed by atoms with Crippen LogP contribution in [-0.2, 0) is 9.59 Å². The molecule has 2 amide bonds. The van der Waals surface area contributed by atoms with E-state index in [1.54, 1.807) is 84.7 Å². The number of halogens is 1. The van der Waals surface area contributed by atoms with Crippen LogP contribution in [0.5, 0.6) is 0 Å². The molecular formula is C24H22ClN3O3. The van der Waals surface area contributed by atoms with E-state index in [1.165, 1.54) is 0 Å². The lowest BCUT2D eigenvalue weighted by Gasteiger charge is -2.17. The Bertz CT molecular complexity index is 1090. The van der Waals surface area contributed by atoms with Crippen molar-refractivity contribution < 1.29 is 14.4 Å². The highest BCUT2D eigenvalue weighted by atomic mass is 35.5. The van der Waals surface area contributed by atoms with Gasteiger partial charge >= 0.3 is 0 Å². The van der Waals surface area contributed by atoms with Crippen molar-refractivity contribution in [2.45, 2.75) is 0 Å². The van der Waals surface area contributed by atoms with Crippen LogP contribution in [0.1, 0.15) is 15.9 Å². The fourth-order valence-electron chi connectivity index (χ4n) is 3.02. The highest BCUT2D eigenvalue weighted by molar-refractivity contribution is 6.33. The third-order valence-electron chi connectivity index (χ3n) is 4.46. The molecule has 6 nitrogen and oxygen atoms in total. The molecule has 158 valence electrons. The van der Waals surface area contributed by atoms with Crippen LogP contribution in [0.2, 0.25) is 5.02 Å². The average molecular weight is 436 g/mol. The Morgan fingerprint density at radius 3 is 1.90 bits per heavy atom. The smallest absolute Gasteiger partial charge is 0.238 e. The van der Waals surface area contributed by atoms with Crippen LogP contribution in [0, 0.1) is 0 Å². The molecule has 3 aromatic rings. The Hall–Kier alpha value is -3.48. The quantitative estimate of drug-likeness (QED) is 0.522. The molecular weight excluding hydrogens is 414 g/mol. The van der Waals surface area contributed by atoms with Gasteiger partial charge in [-0.05, 0) is 31.3 Å². The van der Waals surface area contributed by atoms with Crippen LogP contribution in [0.15, 0.2) is 78.9 Å². The summed E-state index contributed by atoms with van der Waals surface area (Å²) in [6, 6.07) is 22.6. The van der Waals surface area contributed by atoms with Crippen LogP contribution in [-0.4, -0.2) is 42.6 Å². The van der Waals surface area contributed by atoms with E-state index >= 15 is 0 Å². The Balaban J connectivity index is 1.59. The molecule has 0 saturated heterocycles. The van der Waals surface area contributed by atoms with Gasteiger partial charge in [0.15, 0.2) is 5.78 Å². The van der Waals surface area contributed by atoms with Crippen LogP contribution in [0.25, 0.3) is 0 Å². The number of nitrogens with one attached hydrogen (secondary N) is 2. The first-order valence-corrected chi connectivity index (χ1v) is 10.0. The molecule has 0 atom stereocenters. The molecule has 0 heterocycles. The van der Waals surface area contributed by atoms with Crippen molar-refractivity contribution in [3.05, 3.63) is 95.0 Å². The number of ketones is 1. The van der Waals surface area contributed by atoms with E-state index in [9.17, 15) is 14.4 Å². The average Bonchev–Trinajstić information content (AvgIpc) is 2.75. The summed E-state index contributed by atoms with van der Waals surface area (Å²) in [7, 11) is 1.66. The maximum Gasteiger partial charge on any atom is 0.238 e. The largest absolute Gasteiger partial charge is 0.324 e. The molecule has 31 heavy (non-hydrogen) atoms. The summed E-state index contributed by atoms with van der Waals surface area (Å²) in [4.78, 5) is 39.1. The molecule has 3 aromatic carbocycles. The molecule has 0 fully saturated rings. The van der Waals surface area contributed by atoms with Crippen molar-refractivity contribution in [2.75, 3.05) is 30.8 Å². The van der Waals surface area contributed by atoms with Gasteiger partial charge in [0.25, 0.3) is 0 Å². The monoisotopic (exact) mass is 435 g/mol. The Labute approximate surface area is 185 Å². The number of benzene rings is 3. The first-order valence-electron chi connectivity index (χ1n) is 9.65. The van der Waals surface area contributed by atoms with Gasteiger partial charge in [-0.25, -0.2) is 0 Å². The maximum atomic E-state index is 12.8. The summed E-state index contributed by atoms with van der Waals surface area (Å²) >= 11 is 6.04. The first kappa shape index (κ1) is 22.2. The maximum absolute atomic E-state index is 12.8. The van der Waals surface area contributed by atoms with Gasteiger partial charge in [-0.2, -0.15) is 0 Å². The Kier molecular flexibility index (Phi) is 7.54. The minimum atomic E-state index is -0.332. The zero-order chi connectivity index (χ0) is 22.2. The number of rotatable bonds is 8. The predicted molar refractivity (Wildman–Crippen MR) is 123 cm³/mol. The fourth-order valence-corrected chi connectivity index (χ4v) is 3.21. The van der Waals surface area contributed by atoms with E-state index in [0.29, 0.717) is 27.5 Å². The van der Waals surface area contributed by atoms with Crippen molar-refractivity contribution in [3.63, 3.8) is 0 Å². The topological polar surface area (TPSA) is 78.5 Å². The summed E-state index contributed by atoms with van der Waals surface area (Å²) in [6.45, 7) is -0.0208. The van der Waals surface area contributed by atoms with Gasteiger partial charge in [-0.15, -0.1) is 0 Å². The van der Waals surface area contributed by atoms with Crippen molar-refractivity contribution in [2.24, 2.45) is 0 Å². The lowest BCUT2D eigenvalue weighted by atomic mass is 10.0. The van der Waals surface area contributed by atoms with Gasteiger partial charge in [0.2, 0.25) is 11.8 Å². The molecule has 0 aliphatic rings. The number of hydrogen-bond acceptors (Lipinski definition) is 4. The van der Waals surface area contributed by atoms with E-state index in [2.05, 4.69) is 10.6 Å². The Morgan fingerprint density at radius 2 is 1.26 bits per heavy atom. The van der Waals surface area contributed by atoms with Crippen LogP contribution in [0.3, 0.4) is 0 Å². The number of para-hydroxylation sites is 2. The molecule has 2 N–H and O–H groups in total. The van der Waals surface area contributed by atoms with Gasteiger partial charge in [-0.1, -0.05) is 66.2 Å². The Morgan fingerprint density at radius 1 is 0.742 bits per heavy atom. The van der Waals surface area contributed by atoms with Crippen LogP contribution < -0.4 is 10.6 Å². The van der Waals surface area contributed by atoms with E-state index in [0.717, 1.165) is 0 Å². The molecule has 3 rings (SSSR count). The second kappa shape index (κ2) is 10.5. The van der Waals surface area contributed by atoms with E-state index < -0.39 is 0 Å². The minimum absolute atomic E-state index is 0.00321. The number of nitrogens with zero attached hydrogens (tertiary/aromatic N) is 1. The summed E-state index contributed by atoms with van der Waals surface area (Å²) in [5.41, 5.74) is 1.88. The number of carbonyl (C=O) groups is 3. The first-order chi connectivity index (χ1) is 14.9. The highest BCUT2D eigenvalue weighted by Gasteiger charge is 2.16. The van der Waals surface area contributed by atoms with Crippen molar-refractivity contribution in [1.82, 2.24) is 4.90 Å². The molecule has 7 heteroatoms. The van der Waals surface area contributed by atoms with Crippen molar-refractivity contribution in [1.29, 1.82) is 0 Å². The predicted octanol–water partition coefficient (Wildman–Crippen LogP) is 4.08. The van der Waals surface area contributed by atoms with Crippen LogP contribution >= 0.6 is 11.6 Å². The van der Waals surface area contributed by atoms with E-state index in [-0.39, 0.29) is 30.7 Å². The van der Waals surface area contributed by atoms with Gasteiger partial charge < -0.3 is 10.6 Å². The zero-order valence-electron chi connectivity index (χ0n) is 17.0. The van der Waals surface area contributed by atoms with E-state index in [4.69, 9.17) is 11.6 Å². The van der Waals surface area contributed by atoms with Crippen molar-refractivity contribution in [3.8, 4) is 0 Å². The third-order valence-corrected chi connectivity index (χ3v) is 4.79. The molecule has 0 spiro atoms. The van der Waals surface area contributed by atoms with Gasteiger partial charge in [-0.3, -0.25) is 19.3 Å². The summed E-state index contributed by atoms with van der Waals surface area (Å²) in [5, 5.41) is 5.93. The third kappa shape index (κ3) is 6.25. The zero-order valence-corrected chi connectivity index (χ0v) is 17.7. The molecule has 0 radical (unpaired) electrons. The SMILES string of the molecule is CN(CC(=O)Nc1ccccc1Cl)CC(=O)Nc1ccccc1C(=O)c1ccccc1. The second-order valence-corrected chi connectivity index (χ2v) is 7.40. The summed E-state index contributed by atoms with van der Waals surface area (Å²) in [6.07, 6.45) is 0. The molecule has 0 aliphatic heterocycles. The summed E-state index contributed by atoms with van der Waals surface area (Å²) < 4.78 is 0. The molecule has 0 saturated carbocycles. The molecule has 0 aliphatic carbocycles. The standard InChI is InChI=1S/C24H22ClN3O3/c1-28(16-23(30)27-21-14-8-6-12-19(21)25)15-22(29)26-20-13-7-5-11-18(20)24(31)17-9-3-2-4-10-17/h2-14H,15-16H2,1H3,(H,26,29)(H,27,30). The molecule has 0 bridgehead atoms. The minimum Gasteiger partial charge on any atom is -0.324 e. The number of hydrogen-bond donors (Lipinski definition) is 2. The normalized spacial score (nSPS) is 10.5. The molecule has 0 unspecified atom stereocenters. The van der Waals surface area contributed by atoms with Gasteiger partial charge in [0, 0.05) is 11.1 Å². The number of amides is 2. The number of anilines is 2. The van der Waals surface area contributed by atoms with Crippen molar-refractivity contribution >= 4 is 40.6 Å². The second-order valence-electron chi connectivity index (χ2n) is 6.99. The van der Waals surface area contributed by atoms with Gasteiger partial charge in [0.05, 0.1) is 29.5 Å². The molecule has 0 aromatic heterocycles. The van der Waals surface area contributed by atoms with Crippen LogP contribution in [0.4, 0.5) is 11.4 Å². The fraction of sp³-hybridized carbons (Fsp3) is 0.125. The highest BCUT2D eigenvalue weighted by Crippen LogP contribution is 2.21. The van der Waals surface area contributed by atoms with E-state index in [1.807, 2.05) is 6.07 Å². The van der Waals surface area contributed by atoms with Gasteiger partial charge in [0.1, 0.15) is 0 Å². The summed E-state index contributed by atoms with van der Waals surface area (Å²) in [5.74, 6) is -0.798. The lowest BCUT2D eigenvalue weighted by Crippen LogP contribution is -2.36.